The van der Waals surface area contributed by atoms with Crippen molar-refractivity contribution in [2.75, 3.05) is 13.6 Å². The van der Waals surface area contributed by atoms with Crippen LogP contribution in [0.2, 0.25) is 0 Å². The molecule has 0 aliphatic carbocycles. The molecule has 1 unspecified atom stereocenters. The van der Waals surface area contributed by atoms with Gasteiger partial charge in [0.15, 0.2) is 0 Å². The van der Waals surface area contributed by atoms with Gasteiger partial charge in [0.1, 0.15) is 11.9 Å². The molecule has 4 rings (SSSR count). The number of carbonyl (C=O) groups excluding carboxylic acids is 1. The van der Waals surface area contributed by atoms with Crippen molar-refractivity contribution in [2.45, 2.75) is 26.1 Å². The third-order valence-electron chi connectivity index (χ3n) is 5.13. The average molecular weight is 446 g/mol. The van der Waals surface area contributed by atoms with Gasteiger partial charge in [0, 0.05) is 24.7 Å². The molecular formula is C26H27N3O2S. The third kappa shape index (κ3) is 5.93. The molecule has 0 fully saturated rings. The van der Waals surface area contributed by atoms with Crippen LogP contribution in [-0.2, 0) is 13.1 Å². The Morgan fingerprint density at radius 2 is 1.84 bits per heavy atom. The Kier molecular flexibility index (Phi) is 7.14. The molecule has 1 atom stereocenters. The van der Waals surface area contributed by atoms with Crippen LogP contribution in [0.15, 0.2) is 78.3 Å². The van der Waals surface area contributed by atoms with E-state index in [2.05, 4.69) is 58.6 Å². The quantitative estimate of drug-likeness (QED) is 0.388. The van der Waals surface area contributed by atoms with Crippen molar-refractivity contribution < 1.29 is 9.53 Å². The number of hydrogen-bond donors (Lipinski definition) is 1. The summed E-state index contributed by atoms with van der Waals surface area (Å²) in [6.07, 6.45) is 1.71. The normalized spacial score (nSPS) is 12.1. The molecule has 2 aromatic carbocycles. The molecule has 0 radical (unpaired) electrons. The number of rotatable bonds is 9. The van der Waals surface area contributed by atoms with Crippen LogP contribution in [0.25, 0.3) is 10.9 Å². The summed E-state index contributed by atoms with van der Waals surface area (Å²) >= 11 is 1.43. The molecule has 0 aliphatic rings. The van der Waals surface area contributed by atoms with Crippen molar-refractivity contribution in [1.29, 1.82) is 0 Å². The molecule has 1 amide bonds. The summed E-state index contributed by atoms with van der Waals surface area (Å²) in [5.74, 6) is 0.743. The number of carbonyl (C=O) groups is 1. The Morgan fingerprint density at radius 1 is 1.06 bits per heavy atom. The minimum atomic E-state index is -0.116. The number of thiophene rings is 1. The van der Waals surface area contributed by atoms with Crippen LogP contribution in [0.1, 0.15) is 27.7 Å². The van der Waals surface area contributed by atoms with Crippen molar-refractivity contribution in [3.8, 4) is 5.75 Å². The molecule has 0 spiro atoms. The Bertz CT molecular complexity index is 1160. The Hall–Kier alpha value is -3.22. The second-order valence-electron chi connectivity index (χ2n) is 7.96. The number of benzene rings is 2. The lowest BCUT2D eigenvalue weighted by atomic mass is 10.1. The maximum Gasteiger partial charge on any atom is 0.261 e. The molecule has 32 heavy (non-hydrogen) atoms. The topological polar surface area (TPSA) is 54.5 Å². The van der Waals surface area contributed by atoms with Crippen LogP contribution in [0.5, 0.6) is 5.75 Å². The fraction of sp³-hybridized carbons (Fsp3) is 0.231. The van der Waals surface area contributed by atoms with E-state index in [1.54, 1.807) is 0 Å². The number of pyridine rings is 1. The highest BCUT2D eigenvalue weighted by molar-refractivity contribution is 7.12. The number of amides is 1. The second-order valence-corrected chi connectivity index (χ2v) is 8.91. The van der Waals surface area contributed by atoms with Crippen LogP contribution in [0, 0.1) is 0 Å². The van der Waals surface area contributed by atoms with Gasteiger partial charge < -0.3 is 10.1 Å². The van der Waals surface area contributed by atoms with Crippen LogP contribution in [0.4, 0.5) is 0 Å². The summed E-state index contributed by atoms with van der Waals surface area (Å²) in [7, 11) is 2.12. The first-order valence-corrected chi connectivity index (χ1v) is 11.5. The number of nitrogens with zero attached hydrogens (tertiary/aromatic N) is 2. The van der Waals surface area contributed by atoms with Crippen molar-refractivity contribution >= 4 is 28.1 Å². The molecular weight excluding hydrogens is 418 g/mol. The highest BCUT2D eigenvalue weighted by Crippen LogP contribution is 2.18. The van der Waals surface area contributed by atoms with E-state index in [0.29, 0.717) is 11.4 Å². The van der Waals surface area contributed by atoms with E-state index < -0.39 is 0 Å². The van der Waals surface area contributed by atoms with Gasteiger partial charge in [0.2, 0.25) is 0 Å². The van der Waals surface area contributed by atoms with E-state index in [4.69, 9.17) is 4.74 Å². The van der Waals surface area contributed by atoms with Gasteiger partial charge in [-0.25, -0.2) is 0 Å². The largest absolute Gasteiger partial charge is 0.489 e. The maximum absolute atomic E-state index is 12.0. The summed E-state index contributed by atoms with van der Waals surface area (Å²) < 4.78 is 5.95. The fourth-order valence-corrected chi connectivity index (χ4v) is 4.22. The van der Waals surface area contributed by atoms with E-state index in [0.717, 1.165) is 24.4 Å². The van der Waals surface area contributed by atoms with Crippen molar-refractivity contribution in [2.24, 2.45) is 0 Å². The first-order valence-electron chi connectivity index (χ1n) is 10.7. The van der Waals surface area contributed by atoms with E-state index in [1.807, 2.05) is 48.8 Å². The molecule has 5 nitrogen and oxygen atoms in total. The van der Waals surface area contributed by atoms with E-state index >= 15 is 0 Å². The number of aromatic nitrogens is 1. The zero-order chi connectivity index (χ0) is 22.3. The Labute approximate surface area is 192 Å². The van der Waals surface area contributed by atoms with Gasteiger partial charge >= 0.3 is 0 Å². The zero-order valence-electron chi connectivity index (χ0n) is 18.3. The number of hydrogen-bond acceptors (Lipinski definition) is 5. The Balaban J connectivity index is 1.25. The van der Waals surface area contributed by atoms with Gasteiger partial charge in [0.25, 0.3) is 5.91 Å². The van der Waals surface area contributed by atoms with E-state index in [9.17, 15) is 4.79 Å². The van der Waals surface area contributed by atoms with Gasteiger partial charge in [-0.1, -0.05) is 30.3 Å². The van der Waals surface area contributed by atoms with Crippen molar-refractivity contribution in [3.05, 3.63) is 94.3 Å². The first-order chi connectivity index (χ1) is 15.6. The summed E-state index contributed by atoms with van der Waals surface area (Å²) in [6.45, 7) is 4.12. The smallest absolute Gasteiger partial charge is 0.261 e. The van der Waals surface area contributed by atoms with Crippen LogP contribution in [-0.4, -0.2) is 35.5 Å². The van der Waals surface area contributed by atoms with Gasteiger partial charge in [-0.3, -0.25) is 14.7 Å². The fourth-order valence-electron chi connectivity index (χ4n) is 3.58. The van der Waals surface area contributed by atoms with Crippen molar-refractivity contribution in [1.82, 2.24) is 15.2 Å². The summed E-state index contributed by atoms with van der Waals surface area (Å²) in [4.78, 5) is 19.4. The number of fused-ring (bicyclic) bond motifs is 1. The van der Waals surface area contributed by atoms with Gasteiger partial charge in [-0.05, 0) is 66.9 Å². The SMILES string of the molecule is CC(CNC(=O)c1cccs1)Oc1ccc(CN(C)Cc2ccc3ncccc3c2)cc1. The predicted molar refractivity (Wildman–Crippen MR) is 130 cm³/mol. The van der Waals surface area contributed by atoms with Gasteiger partial charge in [-0.15, -0.1) is 11.3 Å². The summed E-state index contributed by atoms with van der Waals surface area (Å²) in [6, 6.07) is 22.3. The zero-order valence-corrected chi connectivity index (χ0v) is 19.1. The molecule has 2 heterocycles. The van der Waals surface area contributed by atoms with Crippen LogP contribution in [0.3, 0.4) is 0 Å². The highest BCUT2D eigenvalue weighted by Gasteiger charge is 2.10. The Morgan fingerprint density at radius 3 is 2.62 bits per heavy atom. The first kappa shape index (κ1) is 22.0. The minimum Gasteiger partial charge on any atom is -0.489 e. The maximum atomic E-state index is 12.0. The lowest BCUT2D eigenvalue weighted by Gasteiger charge is -2.18. The summed E-state index contributed by atoms with van der Waals surface area (Å²) in [5, 5.41) is 5.98. The molecule has 0 bridgehead atoms. The standard InChI is InChI=1S/C26H27N3O2S/c1-19(16-28-26(30)25-6-4-14-32-25)31-23-10-7-20(8-11-23)17-29(2)18-21-9-12-24-22(15-21)5-3-13-27-24/h3-15,19H,16-18H2,1-2H3,(H,28,30). The second kappa shape index (κ2) is 10.4. The average Bonchev–Trinajstić information content (AvgIpc) is 3.34. The lowest BCUT2D eigenvalue weighted by Crippen LogP contribution is -2.33. The van der Waals surface area contributed by atoms with E-state index in [-0.39, 0.29) is 12.0 Å². The monoisotopic (exact) mass is 445 g/mol. The minimum absolute atomic E-state index is 0.0588. The molecule has 4 aromatic rings. The predicted octanol–water partition coefficient (Wildman–Crippen LogP) is 5.13. The van der Waals surface area contributed by atoms with Crippen molar-refractivity contribution in [3.63, 3.8) is 0 Å². The molecule has 2 aromatic heterocycles. The molecule has 1 N–H and O–H groups in total. The molecule has 0 saturated heterocycles. The van der Waals surface area contributed by atoms with Gasteiger partial charge in [0.05, 0.1) is 16.9 Å². The lowest BCUT2D eigenvalue weighted by molar-refractivity contribution is 0.0936. The highest BCUT2D eigenvalue weighted by atomic mass is 32.1. The number of nitrogens with one attached hydrogen (secondary N) is 1. The van der Waals surface area contributed by atoms with Crippen LogP contribution >= 0.6 is 11.3 Å². The summed E-state index contributed by atoms with van der Waals surface area (Å²) in [5.41, 5.74) is 3.52. The van der Waals surface area contributed by atoms with E-state index in [1.165, 1.54) is 27.8 Å². The molecule has 0 aliphatic heterocycles. The van der Waals surface area contributed by atoms with Gasteiger partial charge in [-0.2, -0.15) is 0 Å². The number of ether oxygens (including phenoxy) is 1. The molecule has 0 saturated carbocycles. The molecule has 6 heteroatoms. The molecule has 164 valence electrons. The third-order valence-corrected chi connectivity index (χ3v) is 6.00. The van der Waals surface area contributed by atoms with Crippen LogP contribution < -0.4 is 10.1 Å².